The Balaban J connectivity index is 2.00. The number of carbonyl (C=O) groups excluding carboxylic acids is 1. The summed E-state index contributed by atoms with van der Waals surface area (Å²) in [4.78, 5) is 11.8. The summed E-state index contributed by atoms with van der Waals surface area (Å²) in [5.41, 5.74) is 0.378. The summed E-state index contributed by atoms with van der Waals surface area (Å²) in [6.45, 7) is 6.05. The number of nitrogens with zero attached hydrogens (tertiary/aromatic N) is 2. The number of aromatic nitrogens is 2. The average Bonchev–Trinajstić information content (AvgIpc) is 2.91. The van der Waals surface area contributed by atoms with Gasteiger partial charge in [0.15, 0.2) is 6.10 Å². The molecule has 0 fully saturated rings. The second-order valence-electron chi connectivity index (χ2n) is 5.21. The van der Waals surface area contributed by atoms with Crippen molar-refractivity contribution in [3.05, 3.63) is 61.2 Å². The molecule has 0 aliphatic heterocycles. The molecule has 5 heteroatoms. The summed E-state index contributed by atoms with van der Waals surface area (Å²) in [5, 5.41) is 0. The maximum absolute atomic E-state index is 11.8. The highest BCUT2D eigenvalue weighted by Crippen LogP contribution is 2.11. The Morgan fingerprint density at radius 1 is 1.36 bits per heavy atom. The second kappa shape index (κ2) is 7.45. The molecule has 0 saturated carbocycles. The summed E-state index contributed by atoms with van der Waals surface area (Å²) in [6, 6.07) is 9.46. The molecule has 1 atom stereocenters. The number of para-hydroxylation sites is 1. The fourth-order valence-corrected chi connectivity index (χ4v) is 1.93. The van der Waals surface area contributed by atoms with Crippen LogP contribution in [0.1, 0.15) is 6.92 Å². The molecule has 0 aliphatic carbocycles. The zero-order chi connectivity index (χ0) is 15.9. The van der Waals surface area contributed by atoms with Crippen molar-refractivity contribution in [2.24, 2.45) is 7.05 Å². The Bertz CT molecular complexity index is 634. The summed E-state index contributed by atoms with van der Waals surface area (Å²) < 4.78 is 15.0. The maximum atomic E-state index is 11.8. The first-order chi connectivity index (χ1) is 10.5. The molecule has 2 aromatic rings. The van der Waals surface area contributed by atoms with Gasteiger partial charge in [-0.3, -0.25) is 0 Å². The largest absolute Gasteiger partial charge is 0.490 e. The van der Waals surface area contributed by atoms with E-state index >= 15 is 0 Å². The van der Waals surface area contributed by atoms with Crippen molar-refractivity contribution in [1.29, 1.82) is 0 Å². The van der Waals surface area contributed by atoms with Crippen LogP contribution in [0.2, 0.25) is 0 Å². The van der Waals surface area contributed by atoms with Crippen LogP contribution in [0, 0.1) is 0 Å². The fourth-order valence-electron chi connectivity index (χ4n) is 1.93. The minimum atomic E-state index is -0.404. The Labute approximate surface area is 130 Å². The number of ether oxygens (including phenoxy) is 2. The van der Waals surface area contributed by atoms with Gasteiger partial charge < -0.3 is 9.47 Å². The second-order valence-corrected chi connectivity index (χ2v) is 5.21. The molecule has 5 nitrogen and oxygen atoms in total. The Morgan fingerprint density at radius 3 is 2.68 bits per heavy atom. The Hall–Kier alpha value is -2.56. The van der Waals surface area contributed by atoms with Gasteiger partial charge in [-0.1, -0.05) is 24.8 Å². The highest BCUT2D eigenvalue weighted by Gasteiger charge is 2.19. The van der Waals surface area contributed by atoms with Crippen molar-refractivity contribution in [2.45, 2.75) is 19.6 Å². The molecule has 1 aromatic heterocycles. The predicted octanol–water partition coefficient (Wildman–Crippen LogP) is 1.88. The van der Waals surface area contributed by atoms with E-state index in [0.717, 1.165) is 5.75 Å². The third-order valence-corrected chi connectivity index (χ3v) is 3.04. The first-order valence-electron chi connectivity index (χ1n) is 7.10. The molecule has 0 aliphatic rings. The summed E-state index contributed by atoms with van der Waals surface area (Å²) in [5.74, 6) is 0.343. The van der Waals surface area contributed by atoms with E-state index in [9.17, 15) is 4.79 Å². The SMILES string of the molecule is C=C(C)C(=O)OC(COc1ccccc1)Cn1cc[n+](C)c1. The molecule has 1 aromatic carbocycles. The van der Waals surface area contributed by atoms with Crippen molar-refractivity contribution in [1.82, 2.24) is 4.57 Å². The summed E-state index contributed by atoms with van der Waals surface area (Å²) >= 11 is 0. The van der Waals surface area contributed by atoms with Crippen LogP contribution in [-0.4, -0.2) is 23.2 Å². The molecule has 0 bridgehead atoms. The van der Waals surface area contributed by atoms with Crippen molar-refractivity contribution in [2.75, 3.05) is 6.61 Å². The molecular weight excluding hydrogens is 280 g/mol. The number of aryl methyl sites for hydroxylation is 1. The van der Waals surface area contributed by atoms with Crippen LogP contribution in [0.3, 0.4) is 0 Å². The molecule has 22 heavy (non-hydrogen) atoms. The minimum Gasteiger partial charge on any atom is -0.490 e. The quantitative estimate of drug-likeness (QED) is 0.445. The standard InChI is InChI=1S/C17H21N2O3/c1-14(2)17(20)22-16(11-19-10-9-18(3)13-19)12-21-15-7-5-4-6-8-15/h4-10,13,16H,1,11-12H2,2-3H3/q+1. The highest BCUT2D eigenvalue weighted by molar-refractivity contribution is 5.87. The summed E-state index contributed by atoms with van der Waals surface area (Å²) in [7, 11) is 1.94. The zero-order valence-electron chi connectivity index (χ0n) is 12.9. The third kappa shape index (κ3) is 4.77. The maximum Gasteiger partial charge on any atom is 0.333 e. The number of hydrogen-bond acceptors (Lipinski definition) is 3. The number of hydrogen-bond donors (Lipinski definition) is 0. The van der Waals surface area contributed by atoms with Gasteiger partial charge in [0.1, 0.15) is 31.3 Å². The van der Waals surface area contributed by atoms with Gasteiger partial charge in [-0.25, -0.2) is 13.9 Å². The zero-order valence-corrected chi connectivity index (χ0v) is 12.9. The summed E-state index contributed by atoms with van der Waals surface area (Å²) in [6.07, 6.45) is 5.38. The van der Waals surface area contributed by atoms with Gasteiger partial charge in [0.2, 0.25) is 6.33 Å². The van der Waals surface area contributed by atoms with Crippen LogP contribution in [0.25, 0.3) is 0 Å². The Kier molecular flexibility index (Phi) is 5.36. The van der Waals surface area contributed by atoms with Crippen LogP contribution in [0.5, 0.6) is 5.75 Å². The lowest BCUT2D eigenvalue weighted by Gasteiger charge is -2.17. The molecular formula is C17H21N2O3+. The van der Waals surface area contributed by atoms with Crippen molar-refractivity contribution in [3.63, 3.8) is 0 Å². The molecule has 0 radical (unpaired) electrons. The van der Waals surface area contributed by atoms with E-state index < -0.39 is 12.1 Å². The monoisotopic (exact) mass is 301 g/mol. The van der Waals surface area contributed by atoms with E-state index in [1.807, 2.05) is 65.2 Å². The normalized spacial score (nSPS) is 11.7. The van der Waals surface area contributed by atoms with Crippen molar-refractivity contribution >= 4 is 5.97 Å². The first kappa shape index (κ1) is 15.8. The first-order valence-corrected chi connectivity index (χ1v) is 7.10. The third-order valence-electron chi connectivity index (χ3n) is 3.04. The number of carbonyl (C=O) groups is 1. The van der Waals surface area contributed by atoms with Gasteiger partial charge in [-0.2, -0.15) is 0 Å². The molecule has 0 spiro atoms. The number of esters is 1. The lowest BCUT2D eigenvalue weighted by atomic mass is 10.3. The number of benzene rings is 1. The topological polar surface area (TPSA) is 44.3 Å². The highest BCUT2D eigenvalue weighted by atomic mass is 16.6. The smallest absolute Gasteiger partial charge is 0.333 e. The van der Waals surface area contributed by atoms with Crippen molar-refractivity contribution in [3.8, 4) is 5.75 Å². The molecule has 0 N–H and O–H groups in total. The van der Waals surface area contributed by atoms with Gasteiger partial charge >= 0.3 is 5.97 Å². The molecule has 2 rings (SSSR count). The molecule has 116 valence electrons. The van der Waals surface area contributed by atoms with E-state index in [0.29, 0.717) is 12.1 Å². The van der Waals surface area contributed by atoms with Crippen LogP contribution in [0.4, 0.5) is 0 Å². The fraction of sp³-hybridized carbons (Fsp3) is 0.294. The molecule has 0 amide bonds. The van der Waals surface area contributed by atoms with Crippen molar-refractivity contribution < 1.29 is 18.8 Å². The minimum absolute atomic E-state index is 0.283. The molecule has 0 saturated heterocycles. The van der Waals surface area contributed by atoms with E-state index in [-0.39, 0.29) is 6.61 Å². The van der Waals surface area contributed by atoms with Crippen LogP contribution in [0.15, 0.2) is 61.2 Å². The lowest BCUT2D eigenvalue weighted by Crippen LogP contribution is -2.31. The molecule has 1 unspecified atom stereocenters. The van der Waals surface area contributed by atoms with Crippen LogP contribution >= 0.6 is 0 Å². The lowest BCUT2D eigenvalue weighted by molar-refractivity contribution is -0.671. The predicted molar refractivity (Wildman–Crippen MR) is 82.2 cm³/mol. The number of rotatable bonds is 7. The van der Waals surface area contributed by atoms with Crippen LogP contribution < -0.4 is 9.30 Å². The van der Waals surface area contributed by atoms with E-state index in [2.05, 4.69) is 6.58 Å². The van der Waals surface area contributed by atoms with Gasteiger partial charge in [0, 0.05) is 5.57 Å². The average molecular weight is 301 g/mol. The van der Waals surface area contributed by atoms with Gasteiger partial charge in [0.05, 0.1) is 7.05 Å². The van der Waals surface area contributed by atoms with Gasteiger partial charge in [-0.15, -0.1) is 0 Å². The Morgan fingerprint density at radius 2 is 2.09 bits per heavy atom. The van der Waals surface area contributed by atoms with E-state index in [1.54, 1.807) is 6.92 Å². The van der Waals surface area contributed by atoms with Gasteiger partial charge in [0.25, 0.3) is 0 Å². The van der Waals surface area contributed by atoms with Gasteiger partial charge in [-0.05, 0) is 19.1 Å². The molecule has 1 heterocycles. The van der Waals surface area contributed by atoms with Crippen LogP contribution in [-0.2, 0) is 23.1 Å². The number of imidazole rings is 1. The van der Waals surface area contributed by atoms with E-state index in [1.165, 1.54) is 0 Å². The van der Waals surface area contributed by atoms with E-state index in [4.69, 9.17) is 9.47 Å².